The number of nitrogens with zero attached hydrogens (tertiary/aromatic N) is 1. The second-order valence-electron chi connectivity index (χ2n) is 4.63. The Kier molecular flexibility index (Phi) is 5.94. The molecule has 0 aliphatic carbocycles. The molecular formula is C16H16ClN3O3. The summed E-state index contributed by atoms with van der Waals surface area (Å²) < 4.78 is 5.23. The molecule has 0 radical (unpaired) electrons. The maximum Gasteiger partial charge on any atom is 0.314 e. The molecule has 0 unspecified atom stereocenters. The van der Waals surface area contributed by atoms with E-state index in [2.05, 4.69) is 15.6 Å². The molecule has 0 saturated heterocycles. The maximum absolute atomic E-state index is 11.8. The van der Waals surface area contributed by atoms with Crippen molar-refractivity contribution in [2.75, 3.05) is 19.0 Å². The number of nitrogens with one attached hydrogen (secondary N) is 2. The van der Waals surface area contributed by atoms with Crippen LogP contribution < -0.4 is 15.4 Å². The number of carbonyl (C=O) groups excluding carboxylic acids is 2. The summed E-state index contributed by atoms with van der Waals surface area (Å²) in [6, 6.07) is 10.6. The van der Waals surface area contributed by atoms with E-state index in [0.717, 1.165) is 11.3 Å². The zero-order valence-corrected chi connectivity index (χ0v) is 13.3. The fourth-order valence-electron chi connectivity index (χ4n) is 1.92. The minimum absolute atomic E-state index is 0.263. The molecular weight excluding hydrogens is 318 g/mol. The van der Waals surface area contributed by atoms with Gasteiger partial charge in [-0.15, -0.1) is 0 Å². The number of halogens is 1. The highest BCUT2D eigenvalue weighted by Gasteiger charge is 2.14. The van der Waals surface area contributed by atoms with Crippen molar-refractivity contribution in [3.05, 3.63) is 53.2 Å². The number of hydrogen-bond acceptors (Lipinski definition) is 4. The number of carbonyl (C=O) groups is 2. The highest BCUT2D eigenvalue weighted by Crippen LogP contribution is 2.17. The predicted octanol–water partition coefficient (Wildman–Crippen LogP) is 2.04. The largest absolute Gasteiger partial charge is 0.496 e. The second-order valence-corrected chi connectivity index (χ2v) is 5.07. The number of anilines is 1. The maximum atomic E-state index is 11.8. The Morgan fingerprint density at radius 3 is 2.65 bits per heavy atom. The molecule has 2 amide bonds. The quantitative estimate of drug-likeness (QED) is 0.821. The number of hydrogen-bond donors (Lipinski definition) is 2. The smallest absolute Gasteiger partial charge is 0.314 e. The second kappa shape index (κ2) is 8.14. The van der Waals surface area contributed by atoms with Crippen molar-refractivity contribution < 1.29 is 14.3 Å². The number of para-hydroxylation sites is 1. The Labute approximate surface area is 138 Å². The highest BCUT2D eigenvalue weighted by atomic mass is 35.5. The molecule has 23 heavy (non-hydrogen) atoms. The number of methoxy groups -OCH3 is 1. The summed E-state index contributed by atoms with van der Waals surface area (Å²) in [4.78, 5) is 27.4. The van der Waals surface area contributed by atoms with Gasteiger partial charge in [0, 0.05) is 12.7 Å². The van der Waals surface area contributed by atoms with E-state index in [4.69, 9.17) is 16.3 Å². The van der Waals surface area contributed by atoms with Crippen molar-refractivity contribution in [2.45, 2.75) is 6.42 Å². The van der Waals surface area contributed by atoms with Gasteiger partial charge in [-0.3, -0.25) is 9.59 Å². The molecule has 2 rings (SSSR count). The molecule has 1 aromatic carbocycles. The Hall–Kier alpha value is -2.60. The average molecular weight is 334 g/mol. The fourth-order valence-corrected chi connectivity index (χ4v) is 2.04. The minimum atomic E-state index is -0.778. The van der Waals surface area contributed by atoms with Crippen LogP contribution >= 0.6 is 11.6 Å². The lowest BCUT2D eigenvalue weighted by Gasteiger charge is -2.09. The first kappa shape index (κ1) is 16.8. The topological polar surface area (TPSA) is 80.3 Å². The molecule has 6 nitrogen and oxygen atoms in total. The van der Waals surface area contributed by atoms with Gasteiger partial charge in [-0.05, 0) is 30.2 Å². The zero-order valence-electron chi connectivity index (χ0n) is 12.5. The first-order valence-electron chi connectivity index (χ1n) is 6.93. The van der Waals surface area contributed by atoms with Crippen LogP contribution in [0.4, 0.5) is 5.82 Å². The third-order valence-electron chi connectivity index (χ3n) is 3.05. The highest BCUT2D eigenvalue weighted by molar-refractivity contribution is 6.39. The van der Waals surface area contributed by atoms with Crippen molar-refractivity contribution in [3.63, 3.8) is 0 Å². The van der Waals surface area contributed by atoms with Crippen LogP contribution in [0.3, 0.4) is 0 Å². The van der Waals surface area contributed by atoms with E-state index in [1.54, 1.807) is 13.2 Å². The van der Waals surface area contributed by atoms with E-state index in [-0.39, 0.29) is 5.82 Å². The van der Waals surface area contributed by atoms with Gasteiger partial charge in [0.15, 0.2) is 0 Å². The van der Waals surface area contributed by atoms with E-state index in [0.29, 0.717) is 18.0 Å². The van der Waals surface area contributed by atoms with Crippen LogP contribution in [0.15, 0.2) is 42.6 Å². The summed E-state index contributed by atoms with van der Waals surface area (Å²) in [5.41, 5.74) is 0.954. The molecule has 0 aliphatic rings. The lowest BCUT2D eigenvalue weighted by Crippen LogP contribution is -2.36. The Morgan fingerprint density at radius 2 is 1.96 bits per heavy atom. The summed E-state index contributed by atoms with van der Waals surface area (Å²) in [5.74, 6) is -0.493. The van der Waals surface area contributed by atoms with Crippen molar-refractivity contribution >= 4 is 29.2 Å². The van der Waals surface area contributed by atoms with Crippen LogP contribution in [0.2, 0.25) is 5.02 Å². The van der Waals surface area contributed by atoms with E-state index in [1.807, 2.05) is 24.3 Å². The van der Waals surface area contributed by atoms with Gasteiger partial charge in [0.05, 0.1) is 12.1 Å². The standard InChI is InChI=1S/C16H16ClN3O3/c1-23-13-5-3-2-4-11(13)8-9-18-15(21)16(22)20-14-7-6-12(17)10-19-14/h2-7,10H,8-9H2,1H3,(H,18,21)(H,19,20,22). The Balaban J connectivity index is 1.82. The van der Waals surface area contributed by atoms with Crippen LogP contribution in [-0.2, 0) is 16.0 Å². The number of rotatable bonds is 5. The van der Waals surface area contributed by atoms with Gasteiger partial charge >= 0.3 is 11.8 Å². The summed E-state index contributed by atoms with van der Waals surface area (Å²) in [7, 11) is 1.59. The van der Waals surface area contributed by atoms with Gasteiger partial charge in [0.2, 0.25) is 0 Å². The Morgan fingerprint density at radius 1 is 1.17 bits per heavy atom. The summed E-state index contributed by atoms with van der Waals surface area (Å²) in [6.07, 6.45) is 1.94. The monoisotopic (exact) mass is 333 g/mol. The number of pyridine rings is 1. The lowest BCUT2D eigenvalue weighted by molar-refractivity contribution is -0.136. The molecule has 0 atom stereocenters. The molecule has 0 spiro atoms. The van der Waals surface area contributed by atoms with Crippen LogP contribution in [-0.4, -0.2) is 30.5 Å². The fraction of sp³-hybridized carbons (Fsp3) is 0.188. The third kappa shape index (κ3) is 4.96. The number of aromatic nitrogens is 1. The molecule has 0 fully saturated rings. The van der Waals surface area contributed by atoms with Crippen molar-refractivity contribution in [1.82, 2.24) is 10.3 Å². The zero-order chi connectivity index (χ0) is 16.7. The van der Waals surface area contributed by atoms with Crippen LogP contribution in [0.25, 0.3) is 0 Å². The first-order chi connectivity index (χ1) is 11.1. The Bertz CT molecular complexity index is 689. The SMILES string of the molecule is COc1ccccc1CCNC(=O)C(=O)Nc1ccc(Cl)cn1. The number of amides is 2. The summed E-state index contributed by atoms with van der Waals surface area (Å²) in [5, 5.41) is 5.40. The molecule has 0 bridgehead atoms. The van der Waals surface area contributed by atoms with Gasteiger partial charge in [0.25, 0.3) is 0 Å². The summed E-state index contributed by atoms with van der Waals surface area (Å²) >= 11 is 5.70. The van der Waals surface area contributed by atoms with Crippen molar-refractivity contribution in [2.24, 2.45) is 0 Å². The van der Waals surface area contributed by atoms with Crippen molar-refractivity contribution in [1.29, 1.82) is 0 Å². The number of benzene rings is 1. The molecule has 0 saturated carbocycles. The molecule has 2 N–H and O–H groups in total. The molecule has 120 valence electrons. The molecule has 0 aliphatic heterocycles. The molecule has 7 heteroatoms. The predicted molar refractivity (Wildman–Crippen MR) is 87.6 cm³/mol. The average Bonchev–Trinajstić information content (AvgIpc) is 2.57. The van der Waals surface area contributed by atoms with E-state index in [9.17, 15) is 9.59 Å². The van der Waals surface area contributed by atoms with Crippen LogP contribution in [0.1, 0.15) is 5.56 Å². The van der Waals surface area contributed by atoms with Crippen LogP contribution in [0, 0.1) is 0 Å². The lowest BCUT2D eigenvalue weighted by atomic mass is 10.1. The van der Waals surface area contributed by atoms with Crippen molar-refractivity contribution in [3.8, 4) is 5.75 Å². The van der Waals surface area contributed by atoms with Gasteiger partial charge in [-0.2, -0.15) is 0 Å². The number of ether oxygens (including phenoxy) is 1. The van der Waals surface area contributed by atoms with Gasteiger partial charge in [-0.25, -0.2) is 4.98 Å². The van der Waals surface area contributed by atoms with E-state index < -0.39 is 11.8 Å². The normalized spacial score (nSPS) is 10.0. The third-order valence-corrected chi connectivity index (χ3v) is 3.27. The van der Waals surface area contributed by atoms with Gasteiger partial charge < -0.3 is 15.4 Å². The van der Waals surface area contributed by atoms with Crippen LogP contribution in [0.5, 0.6) is 5.75 Å². The molecule has 2 aromatic rings. The summed E-state index contributed by atoms with van der Waals surface area (Å²) in [6.45, 7) is 0.320. The van der Waals surface area contributed by atoms with Gasteiger partial charge in [-0.1, -0.05) is 29.8 Å². The molecule has 1 aromatic heterocycles. The first-order valence-corrected chi connectivity index (χ1v) is 7.30. The van der Waals surface area contributed by atoms with Gasteiger partial charge in [0.1, 0.15) is 11.6 Å². The minimum Gasteiger partial charge on any atom is -0.496 e. The van der Waals surface area contributed by atoms with E-state index >= 15 is 0 Å². The van der Waals surface area contributed by atoms with E-state index in [1.165, 1.54) is 12.3 Å². The molecule has 1 heterocycles.